The van der Waals surface area contributed by atoms with Gasteiger partial charge in [-0.05, 0) is 80.7 Å². The Kier molecular flexibility index (Phi) is 8.59. The number of aryl methyl sites for hydroxylation is 2. The molecule has 0 amide bonds. The van der Waals surface area contributed by atoms with Crippen LogP contribution in [-0.2, 0) is 22.0 Å². The molecule has 3 heterocycles. The average Bonchev–Trinajstić information content (AvgIpc) is 3.96. The van der Waals surface area contributed by atoms with E-state index in [2.05, 4.69) is 38.8 Å². The van der Waals surface area contributed by atoms with Crippen molar-refractivity contribution in [2.24, 2.45) is 5.41 Å². The number of hydrogen-bond donors (Lipinski definition) is 3. The van der Waals surface area contributed by atoms with Gasteiger partial charge in [0.1, 0.15) is 17.9 Å². The highest BCUT2D eigenvalue weighted by molar-refractivity contribution is 7.92. The number of aromatic nitrogens is 4. The number of ether oxygens (including phenoxy) is 1. The van der Waals surface area contributed by atoms with Crippen LogP contribution in [-0.4, -0.2) is 52.1 Å². The third kappa shape index (κ3) is 7.34. The molecule has 3 aromatic heterocycles. The van der Waals surface area contributed by atoms with Crippen LogP contribution in [0.25, 0.3) is 22.5 Å². The first-order chi connectivity index (χ1) is 23.8. The molecule has 1 atom stereocenters. The Hall–Kier alpha value is -4.88. The molecule has 3 N–H and O–H groups in total. The van der Waals surface area contributed by atoms with Gasteiger partial charge in [-0.1, -0.05) is 38.1 Å². The highest BCUT2D eigenvalue weighted by Gasteiger charge is 2.42. The first-order valence-electron chi connectivity index (χ1n) is 16.7. The third-order valence-electron chi connectivity index (χ3n) is 9.79. The summed E-state index contributed by atoms with van der Waals surface area (Å²) in [6, 6.07) is 14.6. The number of furan rings is 1. The number of hydrogen-bond acceptors (Lipinski definition) is 10. The lowest BCUT2D eigenvalue weighted by Crippen LogP contribution is -2.36. The number of benzene rings is 2. The van der Waals surface area contributed by atoms with Crippen molar-refractivity contribution in [1.29, 1.82) is 0 Å². The monoisotopic (exact) mass is 696 g/mol. The summed E-state index contributed by atoms with van der Waals surface area (Å²) in [6.07, 6.45) is 7.08. The van der Waals surface area contributed by atoms with Crippen molar-refractivity contribution in [3.8, 4) is 17.1 Å². The van der Waals surface area contributed by atoms with Crippen LogP contribution < -0.4 is 14.8 Å². The smallest absolute Gasteiger partial charge is 0.335 e. The fourth-order valence-electron chi connectivity index (χ4n) is 6.18. The fourth-order valence-corrected chi connectivity index (χ4v) is 7.17. The Bertz CT molecular complexity index is 2190. The second kappa shape index (κ2) is 12.8. The summed E-state index contributed by atoms with van der Waals surface area (Å²) >= 11 is 0. The van der Waals surface area contributed by atoms with Crippen LogP contribution in [0.15, 0.2) is 70.1 Å². The third-order valence-corrected chi connectivity index (χ3v) is 11.1. The van der Waals surface area contributed by atoms with E-state index in [9.17, 15) is 18.3 Å². The highest BCUT2D eigenvalue weighted by Crippen LogP contribution is 2.49. The first kappa shape index (κ1) is 33.6. The normalized spacial score (nSPS) is 16.6. The Balaban J connectivity index is 1.14. The highest BCUT2D eigenvalue weighted by atomic mass is 32.2. The van der Waals surface area contributed by atoms with Gasteiger partial charge in [-0.25, -0.2) is 32.9 Å². The van der Waals surface area contributed by atoms with Crippen LogP contribution in [0.5, 0.6) is 5.88 Å². The molecule has 13 heteroatoms. The summed E-state index contributed by atoms with van der Waals surface area (Å²) < 4.78 is 41.6. The molecule has 0 saturated heterocycles. The standard InChI is InChI=1S/C37H40N6O6S/c1-22-7-5-8-23(2)32(22)28-17-31(42-35(41-28)43-50(46,47)27-10-6-9-24(15-27)34(44)45)48-21-25(18-36(3)11-12-36)38-19-26-20-39-33-29(40-26)16-30(49-33)37(4)13-14-37/h5-10,15-17,20,25,38H,11-14,18-19,21H2,1-4H3,(H,44,45)(H,41,42,43)/t25-/m1/s1. The molecule has 2 aliphatic carbocycles. The molecular formula is C37H40N6O6S. The predicted molar refractivity (Wildman–Crippen MR) is 188 cm³/mol. The van der Waals surface area contributed by atoms with Crippen LogP contribution in [0.2, 0.25) is 0 Å². The van der Waals surface area contributed by atoms with Gasteiger partial charge in [0.2, 0.25) is 17.5 Å². The summed E-state index contributed by atoms with van der Waals surface area (Å²) in [5.74, 6) is -0.294. The van der Waals surface area contributed by atoms with E-state index in [1.54, 1.807) is 12.3 Å². The van der Waals surface area contributed by atoms with Crippen molar-refractivity contribution in [3.63, 3.8) is 0 Å². The Morgan fingerprint density at radius 3 is 2.44 bits per heavy atom. The van der Waals surface area contributed by atoms with Crippen molar-refractivity contribution in [2.45, 2.75) is 82.7 Å². The average molecular weight is 697 g/mol. The lowest BCUT2D eigenvalue weighted by Gasteiger charge is -2.22. The van der Waals surface area contributed by atoms with E-state index >= 15 is 0 Å². The molecule has 260 valence electrons. The van der Waals surface area contributed by atoms with E-state index in [1.807, 2.05) is 38.1 Å². The zero-order valence-corrected chi connectivity index (χ0v) is 29.3. The lowest BCUT2D eigenvalue weighted by molar-refractivity contribution is 0.0696. The molecule has 2 saturated carbocycles. The maximum absolute atomic E-state index is 13.4. The SMILES string of the molecule is Cc1cccc(C)c1-c1cc(OC[C@@H](CC2(C)CC2)NCc2cnc3oc(C4(C)CC4)cc3n2)nc(NS(=O)(=O)c2cccc(C(=O)O)c2)n1. The molecule has 5 aromatic rings. The molecule has 0 unspecified atom stereocenters. The molecule has 50 heavy (non-hydrogen) atoms. The minimum absolute atomic E-state index is 0.0669. The van der Waals surface area contributed by atoms with E-state index < -0.39 is 16.0 Å². The minimum Gasteiger partial charge on any atom is -0.478 e. The zero-order valence-electron chi connectivity index (χ0n) is 28.5. The van der Waals surface area contributed by atoms with Crippen molar-refractivity contribution in [3.05, 3.63) is 88.9 Å². The largest absolute Gasteiger partial charge is 0.478 e. The summed E-state index contributed by atoms with van der Waals surface area (Å²) in [4.78, 5) is 29.6. The van der Waals surface area contributed by atoms with Gasteiger partial charge >= 0.3 is 5.97 Å². The molecule has 0 aliphatic heterocycles. The molecule has 2 fully saturated rings. The van der Waals surface area contributed by atoms with E-state index in [0.717, 1.165) is 71.8 Å². The van der Waals surface area contributed by atoms with Crippen LogP contribution in [0.3, 0.4) is 0 Å². The number of fused-ring (bicyclic) bond motifs is 1. The number of nitrogens with one attached hydrogen (secondary N) is 2. The maximum Gasteiger partial charge on any atom is 0.335 e. The van der Waals surface area contributed by atoms with Gasteiger partial charge in [-0.3, -0.25) is 0 Å². The van der Waals surface area contributed by atoms with Gasteiger partial charge in [-0.2, -0.15) is 4.98 Å². The number of rotatable bonds is 14. The molecule has 0 radical (unpaired) electrons. The van der Waals surface area contributed by atoms with Gasteiger partial charge < -0.3 is 19.6 Å². The number of aromatic carboxylic acids is 1. The van der Waals surface area contributed by atoms with E-state index in [-0.39, 0.29) is 45.8 Å². The number of carboxylic acid groups (broad SMARTS) is 1. The summed E-state index contributed by atoms with van der Waals surface area (Å²) in [6.45, 7) is 9.10. The quantitative estimate of drug-likeness (QED) is 0.115. The van der Waals surface area contributed by atoms with Crippen molar-refractivity contribution >= 4 is 33.2 Å². The first-order valence-corrected chi connectivity index (χ1v) is 18.2. The number of nitrogens with zero attached hydrogens (tertiary/aromatic N) is 4. The fraction of sp³-hybridized carbons (Fsp3) is 0.378. The number of carboxylic acids is 1. The Morgan fingerprint density at radius 1 is 1.00 bits per heavy atom. The summed E-state index contributed by atoms with van der Waals surface area (Å²) in [5.41, 5.74) is 5.46. The second-order valence-corrected chi connectivity index (χ2v) is 15.9. The molecule has 2 aromatic carbocycles. The Labute approximate surface area is 290 Å². The molecule has 7 rings (SSSR count). The van der Waals surface area contributed by atoms with Crippen molar-refractivity contribution in [2.75, 3.05) is 11.3 Å². The second-order valence-electron chi connectivity index (χ2n) is 14.2. The van der Waals surface area contributed by atoms with E-state index in [0.29, 0.717) is 18.0 Å². The molecule has 2 aliphatic rings. The summed E-state index contributed by atoms with van der Waals surface area (Å²) in [7, 11) is -4.24. The molecular weight excluding hydrogens is 657 g/mol. The number of sulfonamides is 1. The van der Waals surface area contributed by atoms with Crippen molar-refractivity contribution < 1.29 is 27.5 Å². The Morgan fingerprint density at radius 2 is 1.74 bits per heavy atom. The van der Waals surface area contributed by atoms with E-state index in [4.69, 9.17) is 14.1 Å². The van der Waals surface area contributed by atoms with Crippen molar-refractivity contribution in [1.82, 2.24) is 25.3 Å². The topological polar surface area (TPSA) is 169 Å². The predicted octanol–water partition coefficient (Wildman–Crippen LogP) is 6.57. The van der Waals surface area contributed by atoms with E-state index in [1.165, 1.54) is 18.2 Å². The van der Waals surface area contributed by atoms with Crippen LogP contribution in [0.4, 0.5) is 5.95 Å². The zero-order chi connectivity index (χ0) is 35.3. The van der Waals surface area contributed by atoms with Gasteiger partial charge in [-0.15, -0.1) is 0 Å². The number of anilines is 1. The van der Waals surface area contributed by atoms with Gasteiger partial charge in [0.25, 0.3) is 10.0 Å². The molecule has 12 nitrogen and oxygen atoms in total. The van der Waals surface area contributed by atoms with Crippen LogP contribution in [0.1, 0.15) is 78.9 Å². The summed E-state index contributed by atoms with van der Waals surface area (Å²) in [5, 5.41) is 13.0. The van der Waals surface area contributed by atoms with Gasteiger partial charge in [0.15, 0.2) is 0 Å². The van der Waals surface area contributed by atoms with Gasteiger partial charge in [0.05, 0.1) is 28.0 Å². The van der Waals surface area contributed by atoms with Crippen LogP contribution in [0, 0.1) is 19.3 Å². The van der Waals surface area contributed by atoms with Crippen LogP contribution >= 0.6 is 0 Å². The maximum atomic E-state index is 13.4. The van der Waals surface area contributed by atoms with Gasteiger partial charge in [0, 0.05) is 35.7 Å². The number of carbonyl (C=O) groups is 1. The molecule has 0 spiro atoms. The lowest BCUT2D eigenvalue weighted by atomic mass is 9.99. The minimum atomic E-state index is -4.24. The molecule has 0 bridgehead atoms.